The van der Waals surface area contributed by atoms with E-state index in [1.807, 2.05) is 23.9 Å². The maximum absolute atomic E-state index is 5.92. The minimum absolute atomic E-state index is 0.277. The summed E-state index contributed by atoms with van der Waals surface area (Å²) in [7, 11) is 0. The summed E-state index contributed by atoms with van der Waals surface area (Å²) in [6, 6.07) is 8.14. The molecule has 0 radical (unpaired) electrons. The highest BCUT2D eigenvalue weighted by molar-refractivity contribution is 8.00. The second kappa shape index (κ2) is 5.65. The van der Waals surface area contributed by atoms with Crippen molar-refractivity contribution in [3.8, 4) is 0 Å². The minimum atomic E-state index is 0.277. The van der Waals surface area contributed by atoms with Crippen molar-refractivity contribution in [2.24, 2.45) is 10.7 Å². The molecule has 0 aliphatic carbocycles. The van der Waals surface area contributed by atoms with E-state index in [1.165, 1.54) is 24.2 Å². The average Bonchev–Trinajstić information content (AvgIpc) is 2.74. The van der Waals surface area contributed by atoms with Crippen LogP contribution in [0.5, 0.6) is 0 Å². The minimum Gasteiger partial charge on any atom is -0.370 e. The second-order valence-electron chi connectivity index (χ2n) is 5.10. The van der Waals surface area contributed by atoms with E-state index in [0.717, 1.165) is 12.2 Å². The molecule has 0 saturated carbocycles. The highest BCUT2D eigenvalue weighted by atomic mass is 32.2. The van der Waals surface area contributed by atoms with Crippen LogP contribution in [0, 0.1) is 6.92 Å². The molecule has 18 heavy (non-hydrogen) atoms. The first kappa shape index (κ1) is 13.3. The van der Waals surface area contributed by atoms with Gasteiger partial charge in [0.25, 0.3) is 0 Å². The molecular formula is C14H21N3S. The fraction of sp³-hybridized carbons (Fsp3) is 0.500. The van der Waals surface area contributed by atoms with E-state index in [9.17, 15) is 0 Å². The molecule has 0 amide bonds. The molecule has 1 unspecified atom stereocenters. The van der Waals surface area contributed by atoms with Crippen molar-refractivity contribution < 1.29 is 0 Å². The maximum Gasteiger partial charge on any atom is 0.193 e. The van der Waals surface area contributed by atoms with Crippen molar-refractivity contribution in [1.29, 1.82) is 0 Å². The third-order valence-corrected chi connectivity index (χ3v) is 4.70. The van der Waals surface area contributed by atoms with Crippen LogP contribution in [-0.4, -0.2) is 23.0 Å². The fourth-order valence-electron chi connectivity index (χ4n) is 2.12. The van der Waals surface area contributed by atoms with Crippen molar-refractivity contribution in [3.63, 3.8) is 0 Å². The second-order valence-corrected chi connectivity index (χ2v) is 6.78. The van der Waals surface area contributed by atoms with E-state index >= 15 is 0 Å². The van der Waals surface area contributed by atoms with Crippen LogP contribution in [0.25, 0.3) is 0 Å². The zero-order valence-electron chi connectivity index (χ0n) is 11.1. The van der Waals surface area contributed by atoms with Gasteiger partial charge in [-0.15, -0.1) is 0 Å². The van der Waals surface area contributed by atoms with E-state index in [-0.39, 0.29) is 4.75 Å². The highest BCUT2D eigenvalue weighted by Gasteiger charge is 2.28. The number of nitrogens with zero attached hydrogens (tertiary/aromatic N) is 1. The molecule has 0 bridgehead atoms. The Morgan fingerprint density at radius 1 is 1.56 bits per heavy atom. The summed E-state index contributed by atoms with van der Waals surface area (Å²) in [4.78, 5) is 4.47. The van der Waals surface area contributed by atoms with Gasteiger partial charge in [-0.05, 0) is 50.1 Å². The molecule has 2 rings (SSSR count). The zero-order chi connectivity index (χ0) is 13.0. The van der Waals surface area contributed by atoms with E-state index in [0.29, 0.717) is 5.96 Å². The zero-order valence-corrected chi connectivity index (χ0v) is 11.9. The van der Waals surface area contributed by atoms with Crippen LogP contribution in [0.3, 0.4) is 0 Å². The number of aryl methyl sites for hydroxylation is 1. The molecule has 1 aromatic rings. The van der Waals surface area contributed by atoms with Crippen LogP contribution in [0.2, 0.25) is 0 Å². The summed E-state index contributed by atoms with van der Waals surface area (Å²) in [5.41, 5.74) is 8.14. The van der Waals surface area contributed by atoms with Gasteiger partial charge in [-0.2, -0.15) is 11.8 Å². The number of benzene rings is 1. The van der Waals surface area contributed by atoms with E-state index in [4.69, 9.17) is 5.73 Å². The largest absolute Gasteiger partial charge is 0.370 e. The van der Waals surface area contributed by atoms with E-state index in [1.54, 1.807) is 0 Å². The number of rotatable bonds is 3. The molecule has 1 saturated heterocycles. The summed E-state index contributed by atoms with van der Waals surface area (Å²) < 4.78 is 0.277. The standard InChI is InChI=1S/C14H21N3S/c1-11-5-3-6-12(9-11)17-13(15)16-10-14(2)7-4-8-18-14/h3,5-6,9H,4,7-8,10H2,1-2H3,(H3,15,16,17). The molecule has 4 heteroatoms. The third-order valence-electron chi connectivity index (χ3n) is 3.17. The van der Waals surface area contributed by atoms with Crippen molar-refractivity contribution in [1.82, 2.24) is 0 Å². The average molecular weight is 263 g/mol. The Kier molecular flexibility index (Phi) is 4.17. The molecule has 1 aliphatic rings. The number of aliphatic imine (C=N–C) groups is 1. The number of hydrogen-bond donors (Lipinski definition) is 2. The molecule has 1 aromatic carbocycles. The Balaban J connectivity index is 1.93. The van der Waals surface area contributed by atoms with Gasteiger partial charge in [0.15, 0.2) is 5.96 Å². The Labute approximate surface area is 113 Å². The Morgan fingerprint density at radius 3 is 3.06 bits per heavy atom. The summed E-state index contributed by atoms with van der Waals surface area (Å²) >= 11 is 2.00. The first-order valence-electron chi connectivity index (χ1n) is 6.35. The monoisotopic (exact) mass is 263 g/mol. The summed E-state index contributed by atoms with van der Waals surface area (Å²) in [5.74, 6) is 1.76. The van der Waals surface area contributed by atoms with Gasteiger partial charge in [-0.1, -0.05) is 12.1 Å². The number of guanidine groups is 1. The number of thioether (sulfide) groups is 1. The number of nitrogens with two attached hydrogens (primary N) is 1. The smallest absolute Gasteiger partial charge is 0.193 e. The van der Waals surface area contributed by atoms with Crippen LogP contribution >= 0.6 is 11.8 Å². The van der Waals surface area contributed by atoms with Crippen molar-refractivity contribution >= 4 is 23.4 Å². The van der Waals surface area contributed by atoms with Gasteiger partial charge in [0.1, 0.15) is 0 Å². The van der Waals surface area contributed by atoms with Gasteiger partial charge in [0, 0.05) is 10.4 Å². The van der Waals surface area contributed by atoms with Crippen LogP contribution in [0.4, 0.5) is 5.69 Å². The van der Waals surface area contributed by atoms with Crippen LogP contribution in [-0.2, 0) is 0 Å². The molecule has 98 valence electrons. The lowest BCUT2D eigenvalue weighted by molar-refractivity contribution is 0.619. The maximum atomic E-state index is 5.92. The normalized spacial score (nSPS) is 24.2. The number of anilines is 1. The molecule has 3 N–H and O–H groups in total. The first-order chi connectivity index (χ1) is 8.57. The summed E-state index contributed by atoms with van der Waals surface area (Å²) in [5, 5.41) is 3.14. The molecule has 1 aliphatic heterocycles. The van der Waals surface area contributed by atoms with Crippen LogP contribution in [0.1, 0.15) is 25.3 Å². The van der Waals surface area contributed by atoms with Crippen molar-refractivity contribution in [3.05, 3.63) is 29.8 Å². The lowest BCUT2D eigenvalue weighted by Gasteiger charge is -2.20. The summed E-state index contributed by atoms with van der Waals surface area (Å²) in [6.45, 7) is 5.13. The van der Waals surface area contributed by atoms with Crippen molar-refractivity contribution in [2.75, 3.05) is 17.6 Å². The van der Waals surface area contributed by atoms with Crippen LogP contribution in [0.15, 0.2) is 29.3 Å². The quantitative estimate of drug-likeness (QED) is 0.651. The molecule has 3 nitrogen and oxygen atoms in total. The van der Waals surface area contributed by atoms with E-state index in [2.05, 4.69) is 36.3 Å². The molecule has 1 heterocycles. The molecule has 0 spiro atoms. The third kappa shape index (κ3) is 3.67. The predicted molar refractivity (Wildman–Crippen MR) is 81.4 cm³/mol. The van der Waals surface area contributed by atoms with Crippen molar-refractivity contribution in [2.45, 2.75) is 31.4 Å². The Morgan fingerprint density at radius 2 is 2.39 bits per heavy atom. The molecule has 1 fully saturated rings. The van der Waals surface area contributed by atoms with Gasteiger partial charge in [0.2, 0.25) is 0 Å². The topological polar surface area (TPSA) is 50.4 Å². The molecule has 0 aromatic heterocycles. The fourth-order valence-corrected chi connectivity index (χ4v) is 3.35. The number of hydrogen-bond acceptors (Lipinski definition) is 2. The summed E-state index contributed by atoms with van der Waals surface area (Å²) in [6.07, 6.45) is 2.53. The van der Waals surface area contributed by atoms with Gasteiger partial charge in [-0.25, -0.2) is 0 Å². The SMILES string of the molecule is Cc1cccc(NC(N)=NCC2(C)CCCS2)c1. The lowest BCUT2D eigenvalue weighted by Crippen LogP contribution is -2.27. The molecule has 1 atom stereocenters. The van der Waals surface area contributed by atoms with Gasteiger partial charge in [-0.3, -0.25) is 4.99 Å². The highest BCUT2D eigenvalue weighted by Crippen LogP contribution is 2.37. The van der Waals surface area contributed by atoms with E-state index < -0.39 is 0 Å². The lowest BCUT2D eigenvalue weighted by atomic mass is 10.1. The molecular weight excluding hydrogens is 242 g/mol. The van der Waals surface area contributed by atoms with Gasteiger partial charge < -0.3 is 11.1 Å². The first-order valence-corrected chi connectivity index (χ1v) is 7.34. The van der Waals surface area contributed by atoms with Gasteiger partial charge >= 0.3 is 0 Å². The van der Waals surface area contributed by atoms with Crippen LogP contribution < -0.4 is 11.1 Å². The Bertz CT molecular complexity index is 436. The Hall–Kier alpha value is -1.16. The van der Waals surface area contributed by atoms with Gasteiger partial charge in [0.05, 0.1) is 6.54 Å². The number of nitrogens with one attached hydrogen (secondary N) is 1. The predicted octanol–water partition coefficient (Wildman–Crippen LogP) is 3.01.